The number of hydrogen-bond acceptors (Lipinski definition) is 5. The Balaban J connectivity index is 1.60. The molecular weight excluding hydrogens is 282 g/mol. The van der Waals surface area contributed by atoms with Gasteiger partial charge in [0.15, 0.2) is 5.69 Å². The molecular formula is C15H15N5O2. The molecule has 0 saturated carbocycles. The van der Waals surface area contributed by atoms with E-state index in [9.17, 15) is 4.79 Å². The second kappa shape index (κ2) is 6.21. The number of rotatable bonds is 5. The molecule has 3 rings (SSSR count). The van der Waals surface area contributed by atoms with Gasteiger partial charge in [-0.05, 0) is 19.1 Å². The van der Waals surface area contributed by atoms with Gasteiger partial charge in [-0.25, -0.2) is 4.98 Å². The van der Waals surface area contributed by atoms with E-state index in [1.54, 1.807) is 0 Å². The molecule has 0 saturated heterocycles. The molecule has 0 aliphatic rings. The number of hydrogen-bond donors (Lipinski definition) is 2. The highest BCUT2D eigenvalue weighted by atomic mass is 16.5. The topological polar surface area (TPSA) is 92.8 Å². The molecule has 7 heteroatoms. The van der Waals surface area contributed by atoms with Crippen molar-refractivity contribution in [3.8, 4) is 5.75 Å². The van der Waals surface area contributed by atoms with Crippen LogP contribution in [0.15, 0.2) is 36.5 Å². The molecule has 7 nitrogen and oxygen atoms in total. The van der Waals surface area contributed by atoms with Gasteiger partial charge in [0.2, 0.25) is 0 Å². The summed E-state index contributed by atoms with van der Waals surface area (Å²) >= 11 is 0. The van der Waals surface area contributed by atoms with Gasteiger partial charge in [-0.3, -0.25) is 4.79 Å². The summed E-state index contributed by atoms with van der Waals surface area (Å²) < 4.78 is 5.72. The summed E-state index contributed by atoms with van der Waals surface area (Å²) in [4.78, 5) is 16.2. The van der Waals surface area contributed by atoms with Crippen LogP contribution in [-0.2, 0) is 0 Å². The maximum absolute atomic E-state index is 11.7. The lowest BCUT2D eigenvalue weighted by Gasteiger charge is -2.09. The van der Waals surface area contributed by atoms with Crippen molar-refractivity contribution in [2.24, 2.45) is 0 Å². The molecule has 2 aromatic heterocycles. The number of H-pyrrole nitrogens is 1. The van der Waals surface area contributed by atoms with E-state index in [1.807, 2.05) is 37.3 Å². The van der Waals surface area contributed by atoms with E-state index in [-0.39, 0.29) is 11.6 Å². The van der Waals surface area contributed by atoms with Crippen LogP contribution in [0.5, 0.6) is 5.75 Å². The highest BCUT2D eigenvalue weighted by Gasteiger charge is 2.08. The average molecular weight is 297 g/mol. The van der Waals surface area contributed by atoms with Crippen LogP contribution in [0.2, 0.25) is 0 Å². The van der Waals surface area contributed by atoms with Gasteiger partial charge in [0, 0.05) is 11.1 Å². The number of aromatic nitrogens is 4. The molecule has 0 fully saturated rings. The van der Waals surface area contributed by atoms with E-state index < -0.39 is 0 Å². The number of benzene rings is 1. The Kier molecular flexibility index (Phi) is 3.95. The van der Waals surface area contributed by atoms with Gasteiger partial charge in [0.05, 0.1) is 12.7 Å². The summed E-state index contributed by atoms with van der Waals surface area (Å²) in [6, 6.07) is 9.75. The third-order valence-electron chi connectivity index (χ3n) is 3.12. The predicted molar refractivity (Wildman–Crippen MR) is 80.7 cm³/mol. The first-order valence-electron chi connectivity index (χ1n) is 6.87. The first-order chi connectivity index (χ1) is 10.7. The Hall–Kier alpha value is -2.96. The Morgan fingerprint density at radius 1 is 1.32 bits per heavy atom. The fourth-order valence-electron chi connectivity index (χ4n) is 2.06. The zero-order valence-electron chi connectivity index (χ0n) is 12.0. The minimum atomic E-state index is -0.288. The zero-order valence-corrected chi connectivity index (χ0v) is 12.0. The van der Waals surface area contributed by atoms with E-state index in [0.717, 1.165) is 16.6 Å². The fraction of sp³-hybridized carbons (Fsp3) is 0.200. The fourth-order valence-corrected chi connectivity index (χ4v) is 2.06. The Labute approximate surface area is 126 Å². The van der Waals surface area contributed by atoms with Crippen LogP contribution in [0, 0.1) is 6.92 Å². The highest BCUT2D eigenvalue weighted by Crippen LogP contribution is 2.23. The number of carbonyl (C=O) groups is 1. The molecule has 0 bridgehead atoms. The molecule has 0 aliphatic heterocycles. The molecule has 2 heterocycles. The van der Waals surface area contributed by atoms with Gasteiger partial charge < -0.3 is 10.1 Å². The number of nitrogens with zero attached hydrogens (tertiary/aromatic N) is 3. The van der Waals surface area contributed by atoms with Gasteiger partial charge in [-0.2, -0.15) is 15.4 Å². The summed E-state index contributed by atoms with van der Waals surface area (Å²) in [6.45, 7) is 2.65. The third-order valence-corrected chi connectivity index (χ3v) is 3.12. The van der Waals surface area contributed by atoms with Crippen LogP contribution in [-0.4, -0.2) is 39.5 Å². The average Bonchev–Trinajstić information content (AvgIpc) is 3.06. The number of ether oxygens (including phenoxy) is 1. The zero-order chi connectivity index (χ0) is 15.4. The van der Waals surface area contributed by atoms with Gasteiger partial charge in [0.25, 0.3) is 5.91 Å². The van der Waals surface area contributed by atoms with E-state index in [1.165, 1.54) is 6.20 Å². The summed E-state index contributed by atoms with van der Waals surface area (Å²) in [7, 11) is 0. The smallest absolute Gasteiger partial charge is 0.273 e. The normalized spacial score (nSPS) is 10.6. The standard InChI is InChI=1S/C15H15N5O2/c1-10-5-6-11-3-2-4-13(14(11)18-10)22-8-7-16-15(21)12-9-17-20-19-12/h2-6,9H,7-8H2,1H3,(H,16,21)(H,17,19,20). The summed E-state index contributed by atoms with van der Waals surface area (Å²) in [5.74, 6) is 0.418. The van der Waals surface area contributed by atoms with E-state index >= 15 is 0 Å². The van der Waals surface area contributed by atoms with Crippen LogP contribution in [0.1, 0.15) is 16.2 Å². The Morgan fingerprint density at radius 3 is 3.05 bits per heavy atom. The largest absolute Gasteiger partial charge is 0.489 e. The monoisotopic (exact) mass is 297 g/mol. The van der Waals surface area contributed by atoms with Crippen LogP contribution in [0.4, 0.5) is 0 Å². The molecule has 1 aromatic carbocycles. The van der Waals surface area contributed by atoms with Crippen LogP contribution < -0.4 is 10.1 Å². The van der Waals surface area contributed by atoms with Crippen LogP contribution in [0.25, 0.3) is 10.9 Å². The molecule has 1 amide bonds. The number of aryl methyl sites for hydroxylation is 1. The van der Waals surface area contributed by atoms with Gasteiger partial charge in [0.1, 0.15) is 17.9 Å². The summed E-state index contributed by atoms with van der Waals surface area (Å²) in [5, 5.41) is 13.4. The quantitative estimate of drug-likeness (QED) is 0.696. The van der Waals surface area contributed by atoms with E-state index in [0.29, 0.717) is 18.9 Å². The molecule has 0 unspecified atom stereocenters. The lowest BCUT2D eigenvalue weighted by Crippen LogP contribution is -2.28. The number of carbonyl (C=O) groups excluding carboxylic acids is 1. The number of fused-ring (bicyclic) bond motifs is 1. The first kappa shape index (κ1) is 14.0. The Bertz CT molecular complexity index is 786. The lowest BCUT2D eigenvalue weighted by molar-refractivity contribution is 0.0942. The van der Waals surface area contributed by atoms with Crippen molar-refractivity contribution in [1.29, 1.82) is 0 Å². The maximum Gasteiger partial charge on any atom is 0.273 e. The highest BCUT2D eigenvalue weighted by molar-refractivity contribution is 5.91. The minimum Gasteiger partial charge on any atom is -0.489 e. The number of amides is 1. The Morgan fingerprint density at radius 2 is 2.23 bits per heavy atom. The number of pyridine rings is 1. The van der Waals surface area contributed by atoms with Crippen molar-refractivity contribution in [1.82, 2.24) is 25.7 Å². The maximum atomic E-state index is 11.7. The SMILES string of the molecule is Cc1ccc2cccc(OCCNC(=O)c3cn[nH]n3)c2n1. The minimum absolute atomic E-state index is 0.252. The second-order valence-electron chi connectivity index (χ2n) is 4.74. The third kappa shape index (κ3) is 3.03. The molecule has 0 radical (unpaired) electrons. The van der Waals surface area contributed by atoms with Crippen LogP contribution >= 0.6 is 0 Å². The number of aromatic amines is 1. The number of nitrogens with one attached hydrogen (secondary N) is 2. The van der Waals surface area contributed by atoms with Crippen molar-refractivity contribution in [3.05, 3.63) is 47.9 Å². The summed E-state index contributed by atoms with van der Waals surface area (Å²) in [6.07, 6.45) is 1.37. The molecule has 22 heavy (non-hydrogen) atoms. The van der Waals surface area contributed by atoms with Crippen molar-refractivity contribution in [2.75, 3.05) is 13.2 Å². The van der Waals surface area contributed by atoms with Gasteiger partial charge in [-0.15, -0.1) is 0 Å². The van der Waals surface area contributed by atoms with Crippen molar-refractivity contribution < 1.29 is 9.53 Å². The lowest BCUT2D eigenvalue weighted by atomic mass is 10.2. The number of para-hydroxylation sites is 1. The molecule has 112 valence electrons. The van der Waals surface area contributed by atoms with Crippen molar-refractivity contribution in [3.63, 3.8) is 0 Å². The molecule has 0 spiro atoms. The molecule has 0 atom stereocenters. The van der Waals surface area contributed by atoms with Gasteiger partial charge >= 0.3 is 0 Å². The second-order valence-corrected chi connectivity index (χ2v) is 4.74. The molecule has 2 N–H and O–H groups in total. The van der Waals surface area contributed by atoms with Crippen molar-refractivity contribution in [2.45, 2.75) is 6.92 Å². The van der Waals surface area contributed by atoms with Gasteiger partial charge in [-0.1, -0.05) is 18.2 Å². The predicted octanol–water partition coefficient (Wildman–Crippen LogP) is 1.47. The van der Waals surface area contributed by atoms with E-state index in [2.05, 4.69) is 25.7 Å². The molecule has 3 aromatic rings. The summed E-state index contributed by atoms with van der Waals surface area (Å²) in [5.41, 5.74) is 2.01. The van der Waals surface area contributed by atoms with Crippen molar-refractivity contribution >= 4 is 16.8 Å². The van der Waals surface area contributed by atoms with Crippen LogP contribution in [0.3, 0.4) is 0 Å². The first-order valence-corrected chi connectivity index (χ1v) is 6.87. The van der Waals surface area contributed by atoms with E-state index in [4.69, 9.17) is 4.74 Å². The molecule has 0 aliphatic carbocycles.